The van der Waals surface area contributed by atoms with Gasteiger partial charge in [0, 0.05) is 10.0 Å². The van der Waals surface area contributed by atoms with Crippen LogP contribution in [0, 0.1) is 17.2 Å². The molecule has 0 aliphatic rings. The zero-order valence-electron chi connectivity index (χ0n) is 8.68. The van der Waals surface area contributed by atoms with Gasteiger partial charge in [0.15, 0.2) is 5.78 Å². The number of benzene rings is 1. The summed E-state index contributed by atoms with van der Waals surface area (Å²) in [5.74, 6) is -1.58. The van der Waals surface area contributed by atoms with E-state index >= 15 is 0 Å². The highest BCUT2D eigenvalue weighted by molar-refractivity contribution is 9.10. The van der Waals surface area contributed by atoms with E-state index in [2.05, 4.69) is 15.9 Å². The summed E-state index contributed by atoms with van der Waals surface area (Å²) < 4.78 is 37.6. The minimum Gasteiger partial charge on any atom is -0.293 e. The molecule has 0 aromatic heterocycles. The van der Waals surface area contributed by atoms with Gasteiger partial charge in [0.2, 0.25) is 0 Å². The number of carbonyl (C=O) groups excluding carboxylic acids is 1. The number of ketones is 1. The molecule has 0 fully saturated rings. The molecule has 90 valence electrons. The van der Waals surface area contributed by atoms with Crippen LogP contribution in [0.15, 0.2) is 22.7 Å². The third-order valence-electron chi connectivity index (χ3n) is 2.14. The SMILES string of the molecule is CC(C#N)C(=O)c1ccc(Br)c(C(F)(F)F)c1. The molecule has 1 atom stereocenters. The summed E-state index contributed by atoms with van der Waals surface area (Å²) in [6.45, 7) is 1.34. The lowest BCUT2D eigenvalue weighted by molar-refractivity contribution is -0.138. The summed E-state index contributed by atoms with van der Waals surface area (Å²) in [7, 11) is 0. The van der Waals surface area contributed by atoms with Gasteiger partial charge in [0.05, 0.1) is 11.6 Å². The van der Waals surface area contributed by atoms with E-state index < -0.39 is 23.4 Å². The van der Waals surface area contributed by atoms with Crippen molar-refractivity contribution in [2.75, 3.05) is 0 Å². The first-order chi connectivity index (χ1) is 7.77. The minimum atomic E-state index is -4.54. The maximum absolute atomic E-state index is 12.6. The summed E-state index contributed by atoms with van der Waals surface area (Å²) in [6, 6.07) is 4.86. The molecule has 1 rings (SSSR count). The van der Waals surface area contributed by atoms with Crippen LogP contribution in [0.2, 0.25) is 0 Å². The van der Waals surface area contributed by atoms with Gasteiger partial charge >= 0.3 is 6.18 Å². The van der Waals surface area contributed by atoms with Gasteiger partial charge in [0.25, 0.3) is 0 Å². The predicted octanol–water partition coefficient (Wildman–Crippen LogP) is 3.81. The lowest BCUT2D eigenvalue weighted by atomic mass is 9.99. The van der Waals surface area contributed by atoms with Gasteiger partial charge in [-0.25, -0.2) is 0 Å². The van der Waals surface area contributed by atoms with Gasteiger partial charge in [-0.3, -0.25) is 4.79 Å². The van der Waals surface area contributed by atoms with Crippen LogP contribution in [0.4, 0.5) is 13.2 Å². The van der Waals surface area contributed by atoms with Crippen molar-refractivity contribution in [1.29, 1.82) is 5.26 Å². The van der Waals surface area contributed by atoms with Gasteiger partial charge in [-0.15, -0.1) is 0 Å². The number of hydrogen-bond donors (Lipinski definition) is 0. The summed E-state index contributed by atoms with van der Waals surface area (Å²) in [5.41, 5.74) is -1.04. The summed E-state index contributed by atoms with van der Waals surface area (Å²) in [4.78, 5) is 11.6. The van der Waals surface area contributed by atoms with Crippen LogP contribution >= 0.6 is 15.9 Å². The van der Waals surface area contributed by atoms with Gasteiger partial charge < -0.3 is 0 Å². The Hall–Kier alpha value is -1.35. The third-order valence-corrected chi connectivity index (χ3v) is 2.83. The van der Waals surface area contributed by atoms with Crippen molar-refractivity contribution < 1.29 is 18.0 Å². The van der Waals surface area contributed by atoms with E-state index in [0.29, 0.717) is 0 Å². The molecule has 17 heavy (non-hydrogen) atoms. The zero-order valence-corrected chi connectivity index (χ0v) is 10.3. The number of nitriles is 1. The first-order valence-electron chi connectivity index (χ1n) is 4.58. The molecule has 0 saturated heterocycles. The molecule has 1 aromatic carbocycles. The molecule has 1 aromatic rings. The van der Waals surface area contributed by atoms with Crippen LogP contribution in [0.25, 0.3) is 0 Å². The molecule has 0 aliphatic heterocycles. The van der Waals surface area contributed by atoms with E-state index in [1.54, 1.807) is 6.07 Å². The minimum absolute atomic E-state index is 0.116. The van der Waals surface area contributed by atoms with Crippen LogP contribution in [0.3, 0.4) is 0 Å². The van der Waals surface area contributed by atoms with Gasteiger partial charge in [-0.05, 0) is 19.1 Å². The molecule has 1 unspecified atom stereocenters. The van der Waals surface area contributed by atoms with Crippen LogP contribution in [-0.2, 0) is 6.18 Å². The van der Waals surface area contributed by atoms with E-state index in [1.807, 2.05) is 0 Å². The second kappa shape index (κ2) is 4.88. The Morgan fingerprint density at radius 3 is 2.53 bits per heavy atom. The molecule has 0 bridgehead atoms. The molecule has 6 heteroatoms. The lowest BCUT2D eigenvalue weighted by Gasteiger charge is -2.11. The average molecular weight is 306 g/mol. The number of halogens is 4. The van der Waals surface area contributed by atoms with Crippen molar-refractivity contribution in [1.82, 2.24) is 0 Å². The predicted molar refractivity (Wildman–Crippen MR) is 58.3 cm³/mol. The van der Waals surface area contributed by atoms with Crippen molar-refractivity contribution in [3.05, 3.63) is 33.8 Å². The standard InChI is InChI=1S/C11H7BrF3NO/c1-6(5-16)10(17)7-2-3-9(12)8(4-7)11(13,14)15/h2-4,6H,1H3. The Labute approximate surface area is 104 Å². The van der Waals surface area contributed by atoms with E-state index in [1.165, 1.54) is 13.0 Å². The first-order valence-corrected chi connectivity index (χ1v) is 5.37. The molecule has 0 heterocycles. The van der Waals surface area contributed by atoms with Crippen LogP contribution in [-0.4, -0.2) is 5.78 Å². The fourth-order valence-corrected chi connectivity index (χ4v) is 1.68. The molecule has 2 nitrogen and oxygen atoms in total. The topological polar surface area (TPSA) is 40.9 Å². The molecular formula is C11H7BrF3NO. The zero-order chi connectivity index (χ0) is 13.2. The highest BCUT2D eigenvalue weighted by atomic mass is 79.9. The number of nitrogens with zero attached hydrogens (tertiary/aromatic N) is 1. The van der Waals surface area contributed by atoms with Gasteiger partial charge in [-0.2, -0.15) is 18.4 Å². The van der Waals surface area contributed by atoms with E-state index in [9.17, 15) is 18.0 Å². The first kappa shape index (κ1) is 13.7. The average Bonchev–Trinajstić information content (AvgIpc) is 2.26. The van der Waals surface area contributed by atoms with Crippen molar-refractivity contribution in [3.8, 4) is 6.07 Å². The molecule has 0 radical (unpaired) electrons. The summed E-state index contributed by atoms with van der Waals surface area (Å²) >= 11 is 2.77. The van der Waals surface area contributed by atoms with Crippen LogP contribution < -0.4 is 0 Å². The van der Waals surface area contributed by atoms with Crippen molar-refractivity contribution in [3.63, 3.8) is 0 Å². The highest BCUT2D eigenvalue weighted by Gasteiger charge is 2.33. The van der Waals surface area contributed by atoms with Crippen LogP contribution in [0.1, 0.15) is 22.8 Å². The smallest absolute Gasteiger partial charge is 0.293 e. The Bertz CT molecular complexity index is 490. The molecule has 0 spiro atoms. The molecule has 0 N–H and O–H groups in total. The Kier molecular flexibility index (Phi) is 3.94. The largest absolute Gasteiger partial charge is 0.417 e. The van der Waals surface area contributed by atoms with Gasteiger partial charge in [-0.1, -0.05) is 22.0 Å². The third kappa shape index (κ3) is 3.07. The number of Topliss-reactive ketones (excluding diaryl/α,β-unsaturated/α-hetero) is 1. The van der Waals surface area contributed by atoms with Crippen LogP contribution in [0.5, 0.6) is 0 Å². The molecule has 0 aliphatic carbocycles. The van der Waals surface area contributed by atoms with Crippen molar-refractivity contribution in [2.24, 2.45) is 5.92 Å². The number of rotatable bonds is 2. The summed E-state index contributed by atoms with van der Waals surface area (Å²) in [5, 5.41) is 8.55. The van der Waals surface area contributed by atoms with E-state index in [-0.39, 0.29) is 10.0 Å². The van der Waals surface area contributed by atoms with Gasteiger partial charge in [0.1, 0.15) is 5.92 Å². The highest BCUT2D eigenvalue weighted by Crippen LogP contribution is 2.35. The number of hydrogen-bond acceptors (Lipinski definition) is 2. The monoisotopic (exact) mass is 305 g/mol. The second-order valence-corrected chi connectivity index (χ2v) is 4.26. The Balaban J connectivity index is 3.23. The maximum atomic E-state index is 12.6. The second-order valence-electron chi connectivity index (χ2n) is 3.41. The normalized spacial score (nSPS) is 12.9. The molecule has 0 saturated carbocycles. The molecule has 0 amide bonds. The molecular weight excluding hydrogens is 299 g/mol. The Morgan fingerprint density at radius 1 is 1.47 bits per heavy atom. The maximum Gasteiger partial charge on any atom is 0.417 e. The van der Waals surface area contributed by atoms with Crippen molar-refractivity contribution >= 4 is 21.7 Å². The van der Waals surface area contributed by atoms with E-state index in [0.717, 1.165) is 12.1 Å². The lowest BCUT2D eigenvalue weighted by Crippen LogP contribution is -2.12. The Morgan fingerprint density at radius 2 is 2.06 bits per heavy atom. The van der Waals surface area contributed by atoms with Crippen molar-refractivity contribution in [2.45, 2.75) is 13.1 Å². The fourth-order valence-electron chi connectivity index (χ4n) is 1.20. The number of carbonyl (C=O) groups is 1. The quantitative estimate of drug-likeness (QED) is 0.780. The fraction of sp³-hybridized carbons (Fsp3) is 0.273. The summed E-state index contributed by atoms with van der Waals surface area (Å²) in [6.07, 6.45) is -4.54. The van der Waals surface area contributed by atoms with E-state index in [4.69, 9.17) is 5.26 Å². The number of alkyl halides is 3.